The fourth-order valence-corrected chi connectivity index (χ4v) is 5.04. The lowest BCUT2D eigenvalue weighted by atomic mass is 10.0. The van der Waals surface area contributed by atoms with Gasteiger partial charge in [0, 0.05) is 6.61 Å². The normalized spacial score (nSPS) is 11.8. The molecule has 0 atom stereocenters. The Hall–Kier alpha value is -0.890. The van der Waals surface area contributed by atoms with Gasteiger partial charge in [0.05, 0.1) is 106 Å². The van der Waals surface area contributed by atoms with Crippen LogP contribution in [-0.4, -0.2) is 130 Å². The van der Waals surface area contributed by atoms with Gasteiger partial charge in [-0.3, -0.25) is 0 Å². The number of rotatable bonds is 43. The molecule has 306 valence electrons. The minimum absolute atomic E-state index is 0.0763. The van der Waals surface area contributed by atoms with Crippen molar-refractivity contribution in [2.75, 3.05) is 119 Å². The maximum Gasteiger partial charge on any atom is 0.332 e. The van der Waals surface area contributed by atoms with Crippen molar-refractivity contribution < 1.29 is 52.2 Å². The van der Waals surface area contributed by atoms with Crippen LogP contribution in [0.2, 0.25) is 0 Å². The first-order valence-electron chi connectivity index (χ1n) is 20.4. The third-order valence-corrected chi connectivity index (χ3v) is 7.76. The highest BCUT2D eigenvalue weighted by molar-refractivity contribution is 5.71. The average molecular weight is 737 g/mol. The van der Waals surface area contributed by atoms with E-state index >= 15 is 0 Å². The van der Waals surface area contributed by atoms with E-state index in [1.807, 2.05) is 20.8 Å². The van der Waals surface area contributed by atoms with Crippen LogP contribution in [0.5, 0.6) is 0 Å². The van der Waals surface area contributed by atoms with E-state index < -0.39 is 5.60 Å². The average Bonchev–Trinajstić information content (AvgIpc) is 3.09. The molecule has 0 aromatic heterocycles. The molecule has 0 spiro atoms. The third-order valence-electron chi connectivity index (χ3n) is 7.76. The largest absolute Gasteiger partial charge is 0.458 e. The van der Waals surface area contributed by atoms with Crippen molar-refractivity contribution >= 4 is 5.97 Å². The zero-order chi connectivity index (χ0) is 37.2. The van der Waals surface area contributed by atoms with E-state index in [0.29, 0.717) is 106 Å². The second-order valence-corrected chi connectivity index (χ2v) is 13.8. The third kappa shape index (κ3) is 47.1. The minimum atomic E-state index is -0.506. The molecule has 11 heteroatoms. The second kappa shape index (κ2) is 41.9. The number of carbonyl (C=O) groups excluding carboxylic acids is 1. The summed E-state index contributed by atoms with van der Waals surface area (Å²) in [6.07, 6.45) is 22.2. The summed E-state index contributed by atoms with van der Waals surface area (Å²) in [7, 11) is 0. The molecular weight excluding hydrogens is 656 g/mol. The quantitative estimate of drug-likeness (QED) is 0.0453. The van der Waals surface area contributed by atoms with Gasteiger partial charge in [-0.2, -0.15) is 0 Å². The van der Waals surface area contributed by atoms with E-state index in [4.69, 9.17) is 47.4 Å². The van der Waals surface area contributed by atoms with E-state index in [-0.39, 0.29) is 12.6 Å². The number of esters is 1. The first-order chi connectivity index (χ1) is 25.0. The fraction of sp³-hybridized carbons (Fsp3) is 0.975. The maximum atomic E-state index is 11.5. The Morgan fingerprint density at radius 1 is 0.333 bits per heavy atom. The maximum absolute atomic E-state index is 11.5. The van der Waals surface area contributed by atoms with E-state index in [1.165, 1.54) is 96.3 Å². The topological polar surface area (TPSA) is 109 Å². The Kier molecular flexibility index (Phi) is 41.1. The Balaban J connectivity index is 3.09. The molecule has 0 saturated carbocycles. The Labute approximate surface area is 312 Å². The molecule has 0 aliphatic rings. The van der Waals surface area contributed by atoms with Crippen LogP contribution < -0.4 is 0 Å². The van der Waals surface area contributed by atoms with E-state index in [1.54, 1.807) is 0 Å². The van der Waals surface area contributed by atoms with Gasteiger partial charge >= 0.3 is 5.97 Å². The summed E-state index contributed by atoms with van der Waals surface area (Å²) in [6, 6.07) is 0. The monoisotopic (exact) mass is 737 g/mol. The number of hydrogen-bond donors (Lipinski definition) is 0. The van der Waals surface area contributed by atoms with Gasteiger partial charge in [0.25, 0.3) is 0 Å². The molecule has 51 heavy (non-hydrogen) atoms. The zero-order valence-corrected chi connectivity index (χ0v) is 33.5. The van der Waals surface area contributed by atoms with Crippen LogP contribution in [0, 0.1) is 0 Å². The number of ether oxygens (including phenoxy) is 10. The predicted molar refractivity (Wildman–Crippen MR) is 203 cm³/mol. The molecule has 0 unspecified atom stereocenters. The van der Waals surface area contributed by atoms with Crippen LogP contribution >= 0.6 is 0 Å². The van der Waals surface area contributed by atoms with Crippen LogP contribution in [0.25, 0.3) is 0 Å². The van der Waals surface area contributed by atoms with Crippen molar-refractivity contribution in [3.8, 4) is 0 Å². The van der Waals surface area contributed by atoms with Crippen molar-refractivity contribution in [1.82, 2.24) is 0 Å². The lowest BCUT2D eigenvalue weighted by Gasteiger charge is -2.19. The highest BCUT2D eigenvalue weighted by atomic mass is 16.6. The molecular formula is C40H80O11. The molecule has 0 rings (SSSR count). The molecule has 0 radical (unpaired) electrons. The summed E-state index contributed by atoms with van der Waals surface area (Å²) < 4.78 is 54.5. The van der Waals surface area contributed by atoms with Gasteiger partial charge in [-0.05, 0) is 27.2 Å². The number of carbonyl (C=O) groups is 1. The smallest absolute Gasteiger partial charge is 0.332 e. The molecule has 0 aromatic rings. The zero-order valence-electron chi connectivity index (χ0n) is 33.5. The summed E-state index contributed by atoms with van der Waals surface area (Å²) in [5.41, 5.74) is -0.506. The van der Waals surface area contributed by atoms with Crippen molar-refractivity contribution in [3.63, 3.8) is 0 Å². The highest BCUT2D eigenvalue weighted by Gasteiger charge is 2.15. The first-order valence-corrected chi connectivity index (χ1v) is 20.4. The number of unbranched alkanes of at least 4 members (excludes halogenated alkanes) is 15. The minimum Gasteiger partial charge on any atom is -0.458 e. The van der Waals surface area contributed by atoms with Crippen molar-refractivity contribution in [1.29, 1.82) is 0 Å². The van der Waals surface area contributed by atoms with E-state index in [9.17, 15) is 4.79 Å². The van der Waals surface area contributed by atoms with Gasteiger partial charge in [-0.25, -0.2) is 4.79 Å². The summed E-state index contributed by atoms with van der Waals surface area (Å²) in [4.78, 5) is 11.5. The van der Waals surface area contributed by atoms with Gasteiger partial charge in [0.1, 0.15) is 12.2 Å². The highest BCUT2D eigenvalue weighted by Crippen LogP contribution is 2.13. The summed E-state index contributed by atoms with van der Waals surface area (Å²) >= 11 is 0. The van der Waals surface area contributed by atoms with Crippen LogP contribution in [0.4, 0.5) is 0 Å². The van der Waals surface area contributed by atoms with Gasteiger partial charge in [-0.1, -0.05) is 103 Å². The van der Waals surface area contributed by atoms with Crippen molar-refractivity contribution in [3.05, 3.63) is 0 Å². The van der Waals surface area contributed by atoms with Gasteiger partial charge in [-0.15, -0.1) is 0 Å². The van der Waals surface area contributed by atoms with Crippen LogP contribution in [-0.2, 0) is 52.2 Å². The van der Waals surface area contributed by atoms with E-state index in [0.717, 1.165) is 13.0 Å². The van der Waals surface area contributed by atoms with Crippen LogP contribution in [0.1, 0.15) is 130 Å². The van der Waals surface area contributed by atoms with Crippen LogP contribution in [0.3, 0.4) is 0 Å². The SMILES string of the molecule is CCCCCCCCCCCCCCCCCCOCCOCCOCCOCCOCCOCCOCCOCCOCC(=O)OC(C)(C)C. The van der Waals surface area contributed by atoms with E-state index in [2.05, 4.69) is 6.92 Å². The molecule has 0 aliphatic heterocycles. The Morgan fingerprint density at radius 2 is 0.569 bits per heavy atom. The fourth-order valence-electron chi connectivity index (χ4n) is 5.04. The Morgan fingerprint density at radius 3 is 0.843 bits per heavy atom. The Bertz CT molecular complexity index is 675. The summed E-state index contributed by atoms with van der Waals surface area (Å²) in [6.45, 7) is 16.6. The molecule has 0 aliphatic carbocycles. The lowest BCUT2D eigenvalue weighted by Crippen LogP contribution is -2.27. The summed E-state index contributed by atoms with van der Waals surface area (Å²) in [5, 5.41) is 0. The number of hydrogen-bond acceptors (Lipinski definition) is 11. The standard InChI is InChI=1S/C40H80O11/c1-5-6-7-8-9-10-11-12-13-14-15-16-17-18-19-20-21-42-22-23-43-24-25-44-26-27-45-28-29-46-30-31-47-32-33-48-34-35-49-36-37-50-38-39(41)51-40(2,3)4/h5-38H2,1-4H3. The molecule has 0 N–H and O–H groups in total. The summed E-state index contributed by atoms with van der Waals surface area (Å²) in [5.74, 6) is -0.380. The molecule has 0 aromatic carbocycles. The first kappa shape index (κ1) is 50.1. The van der Waals surface area contributed by atoms with Gasteiger partial charge < -0.3 is 47.4 Å². The van der Waals surface area contributed by atoms with Gasteiger partial charge in [0.2, 0.25) is 0 Å². The van der Waals surface area contributed by atoms with Crippen molar-refractivity contribution in [2.45, 2.75) is 136 Å². The molecule has 0 fully saturated rings. The molecule has 0 saturated heterocycles. The van der Waals surface area contributed by atoms with Crippen molar-refractivity contribution in [2.24, 2.45) is 0 Å². The molecule has 11 nitrogen and oxygen atoms in total. The predicted octanol–water partition coefficient (Wildman–Crippen LogP) is 7.74. The lowest BCUT2D eigenvalue weighted by molar-refractivity contribution is -0.160. The second-order valence-electron chi connectivity index (χ2n) is 13.8. The molecule has 0 bridgehead atoms. The molecule has 0 amide bonds. The van der Waals surface area contributed by atoms with Gasteiger partial charge in [0.15, 0.2) is 0 Å². The van der Waals surface area contributed by atoms with Crippen LogP contribution in [0.15, 0.2) is 0 Å². The molecule has 0 heterocycles.